The van der Waals surface area contributed by atoms with E-state index in [2.05, 4.69) is 15.3 Å². The molecule has 1 amide bonds. The Balaban J connectivity index is 1.73. The minimum absolute atomic E-state index is 0.0322. The smallest absolute Gasteiger partial charge is 0.227 e. The van der Waals surface area contributed by atoms with Crippen LogP contribution < -0.4 is 5.32 Å². The fourth-order valence-electron chi connectivity index (χ4n) is 2.46. The number of benzene rings is 2. The lowest BCUT2D eigenvalue weighted by atomic mass is 9.92. The monoisotopic (exact) mass is 307 g/mol. The number of nitrogens with zero attached hydrogens (tertiary/aromatic N) is 2. The van der Waals surface area contributed by atoms with E-state index in [1.54, 1.807) is 49.6 Å². The average molecular weight is 307 g/mol. The van der Waals surface area contributed by atoms with Gasteiger partial charge in [0.1, 0.15) is 0 Å². The molecule has 2 N–H and O–H groups in total. The van der Waals surface area contributed by atoms with Gasteiger partial charge in [0.25, 0.3) is 0 Å². The first kappa shape index (κ1) is 15.1. The van der Waals surface area contributed by atoms with Crippen LogP contribution in [-0.2, 0) is 10.4 Å². The van der Waals surface area contributed by atoms with Gasteiger partial charge in [-0.3, -0.25) is 14.8 Å². The summed E-state index contributed by atoms with van der Waals surface area (Å²) in [7, 11) is 0. The molecule has 0 bridgehead atoms. The molecule has 1 atom stereocenters. The molecule has 0 fully saturated rings. The van der Waals surface area contributed by atoms with Crippen LogP contribution >= 0.6 is 0 Å². The largest absolute Gasteiger partial charge is 0.385 e. The van der Waals surface area contributed by atoms with Crippen LogP contribution in [0.4, 0.5) is 5.69 Å². The molecule has 0 spiro atoms. The van der Waals surface area contributed by atoms with Crippen LogP contribution in [0.5, 0.6) is 0 Å². The van der Waals surface area contributed by atoms with Crippen molar-refractivity contribution in [2.75, 3.05) is 5.32 Å². The quantitative estimate of drug-likeness (QED) is 0.777. The molecule has 0 saturated carbocycles. The van der Waals surface area contributed by atoms with Gasteiger partial charge in [-0.05, 0) is 30.7 Å². The Kier molecular flexibility index (Phi) is 4.04. The van der Waals surface area contributed by atoms with Gasteiger partial charge in [-0.15, -0.1) is 0 Å². The maximum atomic E-state index is 12.2. The summed E-state index contributed by atoms with van der Waals surface area (Å²) in [5.41, 5.74) is 1.59. The van der Waals surface area contributed by atoms with Gasteiger partial charge in [0.05, 0.1) is 23.1 Å². The normalized spacial score (nSPS) is 13.5. The average Bonchev–Trinajstić information content (AvgIpc) is 2.55. The van der Waals surface area contributed by atoms with Crippen molar-refractivity contribution in [1.29, 1.82) is 0 Å². The van der Waals surface area contributed by atoms with Crippen LogP contribution in [0, 0.1) is 0 Å². The molecule has 1 unspecified atom stereocenters. The summed E-state index contributed by atoms with van der Waals surface area (Å²) >= 11 is 0. The second-order valence-corrected chi connectivity index (χ2v) is 5.62. The maximum Gasteiger partial charge on any atom is 0.227 e. The van der Waals surface area contributed by atoms with Gasteiger partial charge in [0.15, 0.2) is 0 Å². The third-order valence-electron chi connectivity index (χ3n) is 3.65. The number of anilines is 1. The SMILES string of the molecule is CC(O)(CC(=O)Nc1ccc2nccnc2c1)c1ccccc1. The van der Waals surface area contributed by atoms with Gasteiger partial charge >= 0.3 is 0 Å². The van der Waals surface area contributed by atoms with Crippen molar-refractivity contribution in [3.05, 3.63) is 66.5 Å². The van der Waals surface area contributed by atoms with Gasteiger partial charge < -0.3 is 10.4 Å². The van der Waals surface area contributed by atoms with Crippen LogP contribution in [0.3, 0.4) is 0 Å². The first-order valence-corrected chi connectivity index (χ1v) is 7.33. The topological polar surface area (TPSA) is 75.1 Å². The van der Waals surface area contributed by atoms with Crippen LogP contribution in [0.25, 0.3) is 11.0 Å². The molecule has 0 aliphatic rings. The molecule has 0 saturated heterocycles. The number of aliphatic hydroxyl groups is 1. The Labute approximate surface area is 134 Å². The van der Waals surface area contributed by atoms with Crippen LogP contribution in [0.15, 0.2) is 60.9 Å². The molecule has 3 aromatic rings. The molecule has 0 radical (unpaired) electrons. The Morgan fingerprint density at radius 3 is 2.52 bits per heavy atom. The summed E-state index contributed by atoms with van der Waals surface area (Å²) in [6.07, 6.45) is 3.20. The van der Waals surface area contributed by atoms with Gasteiger partial charge in [0.2, 0.25) is 5.91 Å². The summed E-state index contributed by atoms with van der Waals surface area (Å²) < 4.78 is 0. The molecule has 1 heterocycles. The summed E-state index contributed by atoms with van der Waals surface area (Å²) in [6, 6.07) is 14.5. The van der Waals surface area contributed by atoms with Crippen molar-refractivity contribution in [2.45, 2.75) is 18.9 Å². The van der Waals surface area contributed by atoms with Crippen molar-refractivity contribution in [3.8, 4) is 0 Å². The van der Waals surface area contributed by atoms with Crippen LogP contribution in [-0.4, -0.2) is 21.0 Å². The Morgan fingerprint density at radius 2 is 1.78 bits per heavy atom. The zero-order chi connectivity index (χ0) is 16.3. The van der Waals surface area contributed by atoms with Crippen LogP contribution in [0.1, 0.15) is 18.9 Å². The number of fused-ring (bicyclic) bond motifs is 1. The minimum Gasteiger partial charge on any atom is -0.385 e. The molecule has 0 aliphatic carbocycles. The van der Waals surface area contributed by atoms with E-state index in [9.17, 15) is 9.90 Å². The molecular weight excluding hydrogens is 290 g/mol. The zero-order valence-electron chi connectivity index (χ0n) is 12.7. The molecule has 116 valence electrons. The third kappa shape index (κ3) is 3.52. The lowest BCUT2D eigenvalue weighted by Crippen LogP contribution is -2.28. The van der Waals surface area contributed by atoms with Gasteiger partial charge in [-0.2, -0.15) is 0 Å². The van der Waals surface area contributed by atoms with E-state index in [1.807, 2.05) is 18.2 Å². The van der Waals surface area contributed by atoms with Crippen molar-refractivity contribution in [2.24, 2.45) is 0 Å². The maximum absolute atomic E-state index is 12.2. The Hall–Kier alpha value is -2.79. The fourth-order valence-corrected chi connectivity index (χ4v) is 2.46. The van der Waals surface area contributed by atoms with Crippen molar-refractivity contribution >= 4 is 22.6 Å². The number of hydrogen-bond acceptors (Lipinski definition) is 4. The summed E-state index contributed by atoms with van der Waals surface area (Å²) in [6.45, 7) is 1.63. The summed E-state index contributed by atoms with van der Waals surface area (Å²) in [5.74, 6) is -0.262. The summed E-state index contributed by atoms with van der Waals surface area (Å²) in [4.78, 5) is 20.6. The van der Waals surface area contributed by atoms with Crippen molar-refractivity contribution in [3.63, 3.8) is 0 Å². The van der Waals surface area contributed by atoms with Crippen LogP contribution in [0.2, 0.25) is 0 Å². The number of nitrogens with one attached hydrogen (secondary N) is 1. The second-order valence-electron chi connectivity index (χ2n) is 5.62. The summed E-state index contributed by atoms with van der Waals surface area (Å²) in [5, 5.41) is 13.3. The highest BCUT2D eigenvalue weighted by atomic mass is 16.3. The molecule has 23 heavy (non-hydrogen) atoms. The van der Waals surface area contributed by atoms with E-state index in [4.69, 9.17) is 0 Å². The predicted octanol–water partition coefficient (Wildman–Crippen LogP) is 2.87. The predicted molar refractivity (Wildman–Crippen MR) is 88.8 cm³/mol. The fraction of sp³-hybridized carbons (Fsp3) is 0.167. The number of carbonyl (C=O) groups excluding carboxylic acids is 1. The van der Waals surface area contributed by atoms with Crippen molar-refractivity contribution < 1.29 is 9.90 Å². The molecule has 5 nitrogen and oxygen atoms in total. The van der Waals surface area contributed by atoms with E-state index < -0.39 is 5.60 Å². The highest BCUT2D eigenvalue weighted by Crippen LogP contribution is 2.25. The van der Waals surface area contributed by atoms with E-state index >= 15 is 0 Å². The standard InChI is InChI=1S/C18H17N3O2/c1-18(23,13-5-3-2-4-6-13)12-17(22)21-14-7-8-15-16(11-14)20-10-9-19-15/h2-11,23H,12H2,1H3,(H,21,22). The van der Waals surface area contributed by atoms with Gasteiger partial charge in [-0.25, -0.2) is 0 Å². The first-order chi connectivity index (χ1) is 11.0. The minimum atomic E-state index is -1.22. The number of rotatable bonds is 4. The highest BCUT2D eigenvalue weighted by Gasteiger charge is 2.26. The Morgan fingerprint density at radius 1 is 1.09 bits per heavy atom. The number of carbonyl (C=O) groups is 1. The molecule has 1 aromatic heterocycles. The number of amides is 1. The molecule has 0 aliphatic heterocycles. The van der Waals surface area contributed by atoms with E-state index in [-0.39, 0.29) is 12.3 Å². The van der Waals surface area contributed by atoms with E-state index in [0.717, 1.165) is 5.52 Å². The molecular formula is C18H17N3O2. The second kappa shape index (κ2) is 6.14. The van der Waals surface area contributed by atoms with Crippen molar-refractivity contribution in [1.82, 2.24) is 9.97 Å². The number of hydrogen-bond donors (Lipinski definition) is 2. The van der Waals surface area contributed by atoms with E-state index in [0.29, 0.717) is 16.8 Å². The molecule has 3 rings (SSSR count). The Bertz CT molecular complexity index is 832. The van der Waals surface area contributed by atoms with Gasteiger partial charge in [-0.1, -0.05) is 30.3 Å². The lowest BCUT2D eigenvalue weighted by Gasteiger charge is -2.23. The molecule has 2 aromatic carbocycles. The molecule has 5 heteroatoms. The number of aromatic nitrogens is 2. The lowest BCUT2D eigenvalue weighted by molar-refractivity contribution is -0.120. The van der Waals surface area contributed by atoms with E-state index in [1.165, 1.54) is 0 Å². The zero-order valence-corrected chi connectivity index (χ0v) is 12.7. The van der Waals surface area contributed by atoms with Gasteiger partial charge in [0, 0.05) is 18.1 Å². The first-order valence-electron chi connectivity index (χ1n) is 7.33. The third-order valence-corrected chi connectivity index (χ3v) is 3.65. The highest BCUT2D eigenvalue weighted by molar-refractivity contribution is 5.93.